The topological polar surface area (TPSA) is 76.4 Å². The van der Waals surface area contributed by atoms with Gasteiger partial charge in [-0.15, -0.1) is 0 Å². The number of nitrogens with one attached hydrogen (secondary N) is 1. The lowest BCUT2D eigenvalue weighted by molar-refractivity contribution is -0.125. The second-order valence-electron chi connectivity index (χ2n) is 5.19. The van der Waals surface area contributed by atoms with Crippen molar-refractivity contribution in [2.45, 2.75) is 31.2 Å². The molecule has 0 aromatic rings. The van der Waals surface area contributed by atoms with Crippen LogP contribution < -0.4 is 5.32 Å². The standard InChI is InChI=1S/C12H19N3O2/c13-9-12(3-1-2-4-12)14-11(17)7-15-5-10(6-15)8-16/h10,16H,1-8H2,(H,14,17). The van der Waals surface area contributed by atoms with Crippen LogP contribution in [0.15, 0.2) is 0 Å². The highest BCUT2D eigenvalue weighted by Gasteiger charge is 2.36. The smallest absolute Gasteiger partial charge is 0.235 e. The lowest BCUT2D eigenvalue weighted by Crippen LogP contribution is -2.55. The Kier molecular flexibility index (Phi) is 3.65. The fourth-order valence-corrected chi connectivity index (χ4v) is 2.67. The minimum atomic E-state index is -0.613. The number of nitrogens with zero attached hydrogens (tertiary/aromatic N) is 2. The molecule has 5 nitrogen and oxygen atoms in total. The molecule has 1 heterocycles. The molecule has 1 amide bonds. The van der Waals surface area contributed by atoms with Crippen molar-refractivity contribution >= 4 is 5.91 Å². The van der Waals surface area contributed by atoms with E-state index in [0.717, 1.165) is 38.8 Å². The fourth-order valence-electron chi connectivity index (χ4n) is 2.67. The molecule has 0 radical (unpaired) electrons. The minimum absolute atomic E-state index is 0.0650. The molecule has 0 spiro atoms. The van der Waals surface area contributed by atoms with Gasteiger partial charge in [-0.3, -0.25) is 9.69 Å². The molecule has 2 N–H and O–H groups in total. The maximum atomic E-state index is 11.8. The van der Waals surface area contributed by atoms with Gasteiger partial charge in [0.1, 0.15) is 5.54 Å². The summed E-state index contributed by atoms with van der Waals surface area (Å²) in [6.45, 7) is 2.10. The third-order valence-corrected chi connectivity index (χ3v) is 3.71. The molecule has 1 saturated heterocycles. The van der Waals surface area contributed by atoms with Gasteiger partial charge in [0.05, 0.1) is 12.6 Å². The summed E-state index contributed by atoms with van der Waals surface area (Å²) in [5, 5.41) is 20.9. The predicted octanol–water partition coefficient (Wildman–Crippen LogP) is -0.137. The van der Waals surface area contributed by atoms with Crippen LogP contribution >= 0.6 is 0 Å². The van der Waals surface area contributed by atoms with E-state index in [0.29, 0.717) is 12.5 Å². The van der Waals surface area contributed by atoms with Gasteiger partial charge < -0.3 is 10.4 Å². The maximum absolute atomic E-state index is 11.8. The van der Waals surface area contributed by atoms with Crippen molar-refractivity contribution in [2.75, 3.05) is 26.2 Å². The first-order chi connectivity index (χ1) is 8.17. The van der Waals surface area contributed by atoms with Crippen molar-refractivity contribution in [1.82, 2.24) is 10.2 Å². The second kappa shape index (κ2) is 5.03. The van der Waals surface area contributed by atoms with E-state index in [1.165, 1.54) is 0 Å². The molecule has 94 valence electrons. The molecular formula is C12H19N3O2. The van der Waals surface area contributed by atoms with Crippen LogP contribution in [0.5, 0.6) is 0 Å². The van der Waals surface area contributed by atoms with Gasteiger partial charge in [0.25, 0.3) is 0 Å². The molecule has 1 saturated carbocycles. The highest BCUT2D eigenvalue weighted by atomic mass is 16.3. The Morgan fingerprint density at radius 3 is 2.65 bits per heavy atom. The van der Waals surface area contributed by atoms with Gasteiger partial charge in [0.15, 0.2) is 0 Å². The van der Waals surface area contributed by atoms with Crippen molar-refractivity contribution in [3.05, 3.63) is 0 Å². The van der Waals surface area contributed by atoms with Crippen LogP contribution in [0.3, 0.4) is 0 Å². The van der Waals surface area contributed by atoms with Gasteiger partial charge in [-0.05, 0) is 25.7 Å². The third kappa shape index (κ3) is 2.76. The van der Waals surface area contributed by atoms with Gasteiger partial charge >= 0.3 is 0 Å². The van der Waals surface area contributed by atoms with Gasteiger partial charge in [0, 0.05) is 25.6 Å². The Bertz CT molecular complexity index is 325. The number of rotatable bonds is 4. The molecule has 1 aliphatic heterocycles. The molecule has 0 bridgehead atoms. The number of hydrogen-bond donors (Lipinski definition) is 2. The first-order valence-electron chi connectivity index (χ1n) is 6.23. The Labute approximate surface area is 101 Å². The van der Waals surface area contributed by atoms with Crippen LogP contribution in [0.4, 0.5) is 0 Å². The Morgan fingerprint density at radius 2 is 2.12 bits per heavy atom. The van der Waals surface area contributed by atoms with E-state index < -0.39 is 5.54 Å². The summed E-state index contributed by atoms with van der Waals surface area (Å²) >= 11 is 0. The van der Waals surface area contributed by atoms with Gasteiger partial charge in [0.2, 0.25) is 5.91 Å². The van der Waals surface area contributed by atoms with Gasteiger partial charge in [-0.1, -0.05) is 0 Å². The zero-order valence-corrected chi connectivity index (χ0v) is 9.98. The Morgan fingerprint density at radius 1 is 1.47 bits per heavy atom. The molecule has 1 aliphatic carbocycles. The predicted molar refractivity (Wildman–Crippen MR) is 62.0 cm³/mol. The van der Waals surface area contributed by atoms with Crippen LogP contribution in [-0.2, 0) is 4.79 Å². The van der Waals surface area contributed by atoms with E-state index in [9.17, 15) is 4.79 Å². The van der Waals surface area contributed by atoms with Crippen molar-refractivity contribution in [3.63, 3.8) is 0 Å². The average molecular weight is 237 g/mol. The van der Waals surface area contributed by atoms with Crippen molar-refractivity contribution in [3.8, 4) is 6.07 Å². The van der Waals surface area contributed by atoms with Crippen LogP contribution in [0.1, 0.15) is 25.7 Å². The number of carbonyl (C=O) groups is 1. The van der Waals surface area contributed by atoms with Crippen molar-refractivity contribution in [1.29, 1.82) is 5.26 Å². The quantitative estimate of drug-likeness (QED) is 0.713. The average Bonchev–Trinajstić information content (AvgIpc) is 2.72. The molecule has 0 unspecified atom stereocenters. The summed E-state index contributed by atoms with van der Waals surface area (Å²) in [5.74, 6) is 0.254. The SMILES string of the molecule is N#CC1(NC(=O)CN2CC(CO)C2)CCCC1. The second-order valence-corrected chi connectivity index (χ2v) is 5.19. The molecule has 2 rings (SSSR count). The summed E-state index contributed by atoms with van der Waals surface area (Å²) in [6.07, 6.45) is 3.58. The van der Waals surface area contributed by atoms with E-state index in [1.807, 2.05) is 4.90 Å². The van der Waals surface area contributed by atoms with E-state index in [2.05, 4.69) is 11.4 Å². The summed E-state index contributed by atoms with van der Waals surface area (Å²) < 4.78 is 0. The summed E-state index contributed by atoms with van der Waals surface area (Å²) in [7, 11) is 0. The van der Waals surface area contributed by atoms with Crippen molar-refractivity contribution in [2.24, 2.45) is 5.92 Å². The summed E-state index contributed by atoms with van der Waals surface area (Å²) in [6, 6.07) is 2.25. The molecular weight excluding hydrogens is 218 g/mol. The first kappa shape index (κ1) is 12.3. The zero-order chi connectivity index (χ0) is 12.3. The van der Waals surface area contributed by atoms with Gasteiger partial charge in [-0.2, -0.15) is 5.26 Å². The monoisotopic (exact) mass is 237 g/mol. The number of aliphatic hydroxyl groups is 1. The van der Waals surface area contributed by atoms with E-state index in [4.69, 9.17) is 10.4 Å². The normalized spacial score (nSPS) is 24.0. The highest BCUT2D eigenvalue weighted by Crippen LogP contribution is 2.28. The lowest BCUT2D eigenvalue weighted by atomic mass is 9.99. The van der Waals surface area contributed by atoms with Crippen molar-refractivity contribution < 1.29 is 9.90 Å². The fraction of sp³-hybridized carbons (Fsp3) is 0.833. The van der Waals surface area contributed by atoms with Crippen LogP contribution in [0.2, 0.25) is 0 Å². The lowest BCUT2D eigenvalue weighted by Gasteiger charge is -2.38. The van der Waals surface area contributed by atoms with E-state index in [1.54, 1.807) is 0 Å². The molecule has 17 heavy (non-hydrogen) atoms. The largest absolute Gasteiger partial charge is 0.396 e. The molecule has 0 aromatic carbocycles. The molecule has 2 aliphatic rings. The molecule has 2 fully saturated rings. The number of amides is 1. The Hall–Kier alpha value is -1.12. The number of likely N-dealkylation sites (tertiary alicyclic amines) is 1. The minimum Gasteiger partial charge on any atom is -0.396 e. The molecule has 5 heteroatoms. The molecule has 0 aromatic heterocycles. The molecule has 0 atom stereocenters. The summed E-state index contributed by atoms with van der Waals surface area (Å²) in [4.78, 5) is 13.8. The maximum Gasteiger partial charge on any atom is 0.235 e. The third-order valence-electron chi connectivity index (χ3n) is 3.71. The number of aliphatic hydroxyl groups excluding tert-OH is 1. The zero-order valence-electron chi connectivity index (χ0n) is 9.98. The number of hydrogen-bond acceptors (Lipinski definition) is 4. The highest BCUT2D eigenvalue weighted by molar-refractivity contribution is 5.79. The van der Waals surface area contributed by atoms with E-state index in [-0.39, 0.29) is 12.5 Å². The number of carbonyl (C=O) groups excluding carboxylic acids is 1. The Balaban J connectivity index is 1.76. The van der Waals surface area contributed by atoms with Crippen LogP contribution in [0.25, 0.3) is 0 Å². The summed E-state index contributed by atoms with van der Waals surface area (Å²) in [5.41, 5.74) is -0.613. The van der Waals surface area contributed by atoms with Crippen LogP contribution in [-0.4, -0.2) is 47.7 Å². The first-order valence-corrected chi connectivity index (χ1v) is 6.23. The van der Waals surface area contributed by atoms with Crippen LogP contribution in [0, 0.1) is 17.2 Å². The number of nitriles is 1. The van der Waals surface area contributed by atoms with Gasteiger partial charge in [-0.25, -0.2) is 0 Å². The van der Waals surface area contributed by atoms with E-state index >= 15 is 0 Å².